The number of anilines is 2. The van der Waals surface area contributed by atoms with Gasteiger partial charge in [-0.15, -0.1) is 0 Å². The van der Waals surface area contributed by atoms with Crippen molar-refractivity contribution in [2.75, 3.05) is 10.6 Å². The number of benzene rings is 1. The summed E-state index contributed by atoms with van der Waals surface area (Å²) in [6.07, 6.45) is 3.03. The van der Waals surface area contributed by atoms with Crippen molar-refractivity contribution in [3.05, 3.63) is 41.8 Å². The molecule has 1 aromatic heterocycles. The molecule has 2 amide bonds. The van der Waals surface area contributed by atoms with Gasteiger partial charge in [0.15, 0.2) is 5.69 Å². The van der Waals surface area contributed by atoms with Gasteiger partial charge in [-0.2, -0.15) is 4.98 Å². The molecule has 1 aliphatic carbocycles. The van der Waals surface area contributed by atoms with Gasteiger partial charge in [0.05, 0.1) is 0 Å². The molecule has 2 N–H and O–H groups in total. The summed E-state index contributed by atoms with van der Waals surface area (Å²) in [7, 11) is 0. The Morgan fingerprint density at radius 3 is 2.48 bits per heavy atom. The fraction of sp³-hybridized carbons (Fsp3) is 0.353. The van der Waals surface area contributed by atoms with Gasteiger partial charge in [-0.3, -0.25) is 14.9 Å². The molecule has 6 nitrogen and oxygen atoms in total. The Morgan fingerprint density at radius 2 is 1.87 bits per heavy atom. The van der Waals surface area contributed by atoms with Gasteiger partial charge in [0.25, 0.3) is 5.91 Å². The van der Waals surface area contributed by atoms with E-state index in [0.717, 1.165) is 12.8 Å². The molecule has 0 atom stereocenters. The zero-order valence-electron chi connectivity index (χ0n) is 13.1. The van der Waals surface area contributed by atoms with E-state index in [4.69, 9.17) is 4.42 Å². The lowest BCUT2D eigenvalue weighted by Gasteiger charge is -2.07. The van der Waals surface area contributed by atoms with E-state index in [1.807, 2.05) is 24.3 Å². The number of rotatable bonds is 5. The minimum atomic E-state index is -0.377. The summed E-state index contributed by atoms with van der Waals surface area (Å²) >= 11 is 0. The van der Waals surface area contributed by atoms with Crippen molar-refractivity contribution in [2.45, 2.75) is 32.6 Å². The van der Waals surface area contributed by atoms with Crippen molar-refractivity contribution in [1.82, 2.24) is 4.98 Å². The second kappa shape index (κ2) is 6.24. The number of hydrogen-bond acceptors (Lipinski definition) is 4. The van der Waals surface area contributed by atoms with E-state index in [0.29, 0.717) is 11.6 Å². The number of carbonyl (C=O) groups is 2. The van der Waals surface area contributed by atoms with Crippen molar-refractivity contribution in [2.24, 2.45) is 5.92 Å². The van der Waals surface area contributed by atoms with Gasteiger partial charge in [-0.25, -0.2) is 0 Å². The number of carbonyl (C=O) groups excluding carboxylic acids is 2. The molecule has 1 fully saturated rings. The number of nitrogens with one attached hydrogen (secondary N) is 2. The summed E-state index contributed by atoms with van der Waals surface area (Å²) in [5, 5.41) is 5.32. The van der Waals surface area contributed by atoms with Crippen LogP contribution in [-0.4, -0.2) is 16.8 Å². The predicted octanol–water partition coefficient (Wildman–Crippen LogP) is 3.40. The number of nitrogens with zero attached hydrogens (tertiary/aromatic N) is 1. The zero-order valence-corrected chi connectivity index (χ0v) is 13.1. The first-order chi connectivity index (χ1) is 11.0. The molecule has 0 aliphatic heterocycles. The van der Waals surface area contributed by atoms with Crippen molar-refractivity contribution in [3.8, 4) is 0 Å². The molecule has 1 aliphatic rings. The Labute approximate surface area is 134 Å². The van der Waals surface area contributed by atoms with Crippen LogP contribution >= 0.6 is 0 Å². The maximum Gasteiger partial charge on any atom is 0.302 e. The lowest BCUT2D eigenvalue weighted by Crippen LogP contribution is -2.15. The molecule has 23 heavy (non-hydrogen) atoms. The first kappa shape index (κ1) is 15.3. The van der Waals surface area contributed by atoms with Crippen LogP contribution in [0.5, 0.6) is 0 Å². The van der Waals surface area contributed by atoms with E-state index in [9.17, 15) is 9.59 Å². The van der Waals surface area contributed by atoms with Crippen LogP contribution in [0.3, 0.4) is 0 Å². The molecule has 120 valence electrons. The van der Waals surface area contributed by atoms with Gasteiger partial charge in [0.2, 0.25) is 5.91 Å². The SMILES string of the molecule is CC(C)c1ccc(NC(=O)c2coc(NC(=O)C3CC3)n2)cc1. The van der Waals surface area contributed by atoms with Crippen LogP contribution < -0.4 is 10.6 Å². The summed E-state index contributed by atoms with van der Waals surface area (Å²) < 4.78 is 5.12. The van der Waals surface area contributed by atoms with E-state index >= 15 is 0 Å². The molecule has 0 bridgehead atoms. The van der Waals surface area contributed by atoms with Crippen LogP contribution in [0.4, 0.5) is 11.7 Å². The zero-order chi connectivity index (χ0) is 16.4. The summed E-state index contributed by atoms with van der Waals surface area (Å²) in [5.74, 6) is 0.00706. The normalized spacial score (nSPS) is 13.9. The Hall–Kier alpha value is -2.63. The van der Waals surface area contributed by atoms with Crippen LogP contribution in [0, 0.1) is 5.92 Å². The Bertz CT molecular complexity index is 715. The summed E-state index contributed by atoms with van der Waals surface area (Å²) in [6.45, 7) is 4.22. The van der Waals surface area contributed by atoms with Crippen molar-refractivity contribution >= 4 is 23.5 Å². The number of hydrogen-bond donors (Lipinski definition) is 2. The third kappa shape index (κ3) is 3.77. The fourth-order valence-corrected chi connectivity index (χ4v) is 2.13. The minimum absolute atomic E-state index is 0.0543. The van der Waals surface area contributed by atoms with E-state index in [-0.39, 0.29) is 29.4 Å². The molecule has 0 unspecified atom stereocenters. The second-order valence-corrected chi connectivity index (χ2v) is 6.03. The Balaban J connectivity index is 1.61. The molecule has 0 spiro atoms. The monoisotopic (exact) mass is 313 g/mol. The van der Waals surface area contributed by atoms with Crippen LogP contribution in [0.1, 0.15) is 48.7 Å². The summed E-state index contributed by atoms with van der Waals surface area (Å²) in [6, 6.07) is 7.71. The summed E-state index contributed by atoms with van der Waals surface area (Å²) in [5.41, 5.74) is 2.02. The fourth-order valence-electron chi connectivity index (χ4n) is 2.13. The number of aromatic nitrogens is 1. The second-order valence-electron chi connectivity index (χ2n) is 6.03. The highest BCUT2D eigenvalue weighted by molar-refractivity contribution is 6.03. The van der Waals surface area contributed by atoms with Gasteiger partial charge < -0.3 is 9.73 Å². The van der Waals surface area contributed by atoms with Gasteiger partial charge in [-0.1, -0.05) is 26.0 Å². The molecule has 1 saturated carbocycles. The third-order valence-corrected chi connectivity index (χ3v) is 3.75. The van der Waals surface area contributed by atoms with Gasteiger partial charge >= 0.3 is 6.01 Å². The average molecular weight is 313 g/mol. The van der Waals surface area contributed by atoms with Crippen LogP contribution in [0.2, 0.25) is 0 Å². The highest BCUT2D eigenvalue weighted by atomic mass is 16.4. The first-order valence-electron chi connectivity index (χ1n) is 7.70. The maximum atomic E-state index is 12.1. The van der Waals surface area contributed by atoms with Crippen molar-refractivity contribution < 1.29 is 14.0 Å². The molecule has 2 aromatic rings. The quantitative estimate of drug-likeness (QED) is 0.886. The highest BCUT2D eigenvalue weighted by Crippen LogP contribution is 2.30. The molecule has 1 aromatic carbocycles. The smallest absolute Gasteiger partial charge is 0.302 e. The number of oxazole rings is 1. The van der Waals surface area contributed by atoms with Gasteiger partial charge in [0, 0.05) is 11.6 Å². The largest absolute Gasteiger partial charge is 0.431 e. The molecule has 3 rings (SSSR count). The topological polar surface area (TPSA) is 84.2 Å². The van der Waals surface area contributed by atoms with E-state index in [1.54, 1.807) is 0 Å². The number of amides is 2. The predicted molar refractivity (Wildman–Crippen MR) is 86.3 cm³/mol. The van der Waals surface area contributed by atoms with Crippen LogP contribution in [-0.2, 0) is 4.79 Å². The van der Waals surface area contributed by atoms with Crippen molar-refractivity contribution in [1.29, 1.82) is 0 Å². The Kier molecular flexibility index (Phi) is 4.14. The lowest BCUT2D eigenvalue weighted by molar-refractivity contribution is -0.117. The summed E-state index contributed by atoms with van der Waals surface area (Å²) in [4.78, 5) is 27.7. The third-order valence-electron chi connectivity index (χ3n) is 3.75. The van der Waals surface area contributed by atoms with Gasteiger partial charge in [-0.05, 0) is 36.5 Å². The average Bonchev–Trinajstić information content (AvgIpc) is 3.28. The highest BCUT2D eigenvalue weighted by Gasteiger charge is 2.30. The lowest BCUT2D eigenvalue weighted by atomic mass is 10.0. The molecule has 6 heteroatoms. The van der Waals surface area contributed by atoms with Crippen LogP contribution in [0.25, 0.3) is 0 Å². The molecular formula is C17H19N3O3. The molecular weight excluding hydrogens is 294 g/mol. The first-order valence-corrected chi connectivity index (χ1v) is 7.70. The minimum Gasteiger partial charge on any atom is -0.431 e. The van der Waals surface area contributed by atoms with E-state index in [1.165, 1.54) is 11.8 Å². The van der Waals surface area contributed by atoms with Crippen molar-refractivity contribution in [3.63, 3.8) is 0 Å². The van der Waals surface area contributed by atoms with Crippen LogP contribution in [0.15, 0.2) is 34.9 Å². The molecule has 0 radical (unpaired) electrons. The van der Waals surface area contributed by atoms with Gasteiger partial charge in [0.1, 0.15) is 6.26 Å². The van der Waals surface area contributed by atoms with E-state index < -0.39 is 0 Å². The Morgan fingerprint density at radius 1 is 1.17 bits per heavy atom. The molecule has 1 heterocycles. The molecule has 0 saturated heterocycles. The standard InChI is InChI=1S/C17H19N3O3/c1-10(2)11-5-7-13(8-6-11)18-16(22)14-9-23-17(19-14)20-15(21)12-3-4-12/h5-10,12H,3-4H2,1-2H3,(H,18,22)(H,19,20,21). The maximum absolute atomic E-state index is 12.1. The van der Waals surface area contributed by atoms with E-state index in [2.05, 4.69) is 29.5 Å².